The molecule has 0 amide bonds. The molecule has 2 aliphatic rings. The molecular formula is C59H36N4O. The molecule has 1 aliphatic carbocycles. The van der Waals surface area contributed by atoms with E-state index in [1.165, 1.54) is 43.6 Å². The first-order chi connectivity index (χ1) is 31.7. The number of hydrogen-bond acceptors (Lipinski definition) is 3. The molecule has 0 fully saturated rings. The fourth-order valence-corrected chi connectivity index (χ4v) is 11.0. The topological polar surface area (TPSA) is 44.9 Å². The zero-order valence-electron chi connectivity index (χ0n) is 34.5. The van der Waals surface area contributed by atoms with E-state index in [1.54, 1.807) is 0 Å². The van der Waals surface area contributed by atoms with Crippen molar-refractivity contribution < 1.29 is 4.74 Å². The fraction of sp³-hybridized carbons (Fsp3) is 0.0169. The van der Waals surface area contributed by atoms with Crippen LogP contribution in [0.5, 0.6) is 11.5 Å². The normalized spacial score (nSPS) is 13.2. The van der Waals surface area contributed by atoms with Gasteiger partial charge in [-0.1, -0.05) is 115 Å². The van der Waals surface area contributed by atoms with Crippen LogP contribution in [-0.2, 0) is 5.41 Å². The van der Waals surface area contributed by atoms with Crippen molar-refractivity contribution in [2.45, 2.75) is 5.41 Å². The van der Waals surface area contributed by atoms with Crippen molar-refractivity contribution in [2.75, 3.05) is 0 Å². The van der Waals surface area contributed by atoms with Gasteiger partial charge in [0.2, 0.25) is 0 Å². The lowest BCUT2D eigenvalue weighted by atomic mass is 9.66. The van der Waals surface area contributed by atoms with Crippen LogP contribution < -0.4 is 4.74 Å². The number of para-hydroxylation sites is 4. The quantitative estimate of drug-likeness (QED) is 0.178. The van der Waals surface area contributed by atoms with Gasteiger partial charge >= 0.3 is 0 Å². The van der Waals surface area contributed by atoms with Crippen molar-refractivity contribution in [3.63, 3.8) is 0 Å². The van der Waals surface area contributed by atoms with E-state index in [1.807, 2.05) is 12.4 Å². The molecule has 5 heteroatoms. The average molecular weight is 817 g/mol. The molecule has 0 radical (unpaired) electrons. The third-order valence-electron chi connectivity index (χ3n) is 13.7. The number of aromatic nitrogens is 4. The number of nitrogens with zero attached hydrogens (tertiary/aromatic N) is 4. The SMILES string of the molecule is c1ccc(-n2c3ccccc3c3cc(-c4ccc5c(c4)Oc4ccc(-c6ccc7c(c6)c6ccccc6n7-c6ccccc6)cc4C54c5cccnc5-c5ncccc54)ccc32)cc1. The van der Waals surface area contributed by atoms with E-state index in [0.717, 1.165) is 78.8 Å². The van der Waals surface area contributed by atoms with Gasteiger partial charge < -0.3 is 13.9 Å². The molecule has 14 rings (SSSR count). The first-order valence-electron chi connectivity index (χ1n) is 21.8. The van der Waals surface area contributed by atoms with E-state index in [4.69, 9.17) is 14.7 Å². The van der Waals surface area contributed by atoms with Crippen LogP contribution in [0.2, 0.25) is 0 Å². The van der Waals surface area contributed by atoms with Gasteiger partial charge in [-0.2, -0.15) is 0 Å². The maximum atomic E-state index is 7.10. The van der Waals surface area contributed by atoms with Crippen molar-refractivity contribution in [1.82, 2.24) is 19.1 Å². The molecule has 5 nitrogen and oxygen atoms in total. The smallest absolute Gasteiger partial charge is 0.132 e. The Labute approximate surface area is 368 Å². The van der Waals surface area contributed by atoms with Crippen molar-refractivity contribution in [2.24, 2.45) is 0 Å². The van der Waals surface area contributed by atoms with Crippen LogP contribution in [0.4, 0.5) is 0 Å². The molecule has 1 aliphatic heterocycles. The monoisotopic (exact) mass is 816 g/mol. The number of benzene rings is 8. The molecule has 0 saturated carbocycles. The minimum absolute atomic E-state index is 0.717. The Morgan fingerprint density at radius 1 is 0.328 bits per heavy atom. The van der Waals surface area contributed by atoms with Crippen LogP contribution >= 0.6 is 0 Å². The lowest BCUT2D eigenvalue weighted by Crippen LogP contribution is -2.32. The van der Waals surface area contributed by atoms with Crippen LogP contribution in [0.25, 0.3) is 88.6 Å². The Hall–Kier alpha value is -8.54. The van der Waals surface area contributed by atoms with Crippen LogP contribution in [0.3, 0.4) is 0 Å². The fourth-order valence-electron chi connectivity index (χ4n) is 11.0. The van der Waals surface area contributed by atoms with Crippen LogP contribution in [-0.4, -0.2) is 19.1 Å². The molecule has 0 saturated heterocycles. The Morgan fingerprint density at radius 3 is 1.38 bits per heavy atom. The van der Waals surface area contributed by atoms with Gasteiger partial charge in [0, 0.05) is 56.4 Å². The largest absolute Gasteiger partial charge is 0.457 e. The second-order valence-corrected chi connectivity index (χ2v) is 16.9. The Morgan fingerprint density at radius 2 is 0.797 bits per heavy atom. The molecule has 0 bridgehead atoms. The summed E-state index contributed by atoms with van der Waals surface area (Å²) in [5.74, 6) is 1.65. The van der Waals surface area contributed by atoms with Crippen molar-refractivity contribution in [1.29, 1.82) is 0 Å². The van der Waals surface area contributed by atoms with Gasteiger partial charge in [-0.05, 0) is 124 Å². The zero-order valence-corrected chi connectivity index (χ0v) is 34.5. The highest BCUT2D eigenvalue weighted by molar-refractivity contribution is 6.11. The summed E-state index contributed by atoms with van der Waals surface area (Å²) in [5.41, 5.74) is 17.0. The minimum atomic E-state index is -0.717. The average Bonchev–Trinajstić information content (AvgIpc) is 3.98. The van der Waals surface area contributed by atoms with E-state index in [9.17, 15) is 0 Å². The predicted molar refractivity (Wildman–Crippen MR) is 259 cm³/mol. The highest BCUT2D eigenvalue weighted by atomic mass is 16.5. The number of fused-ring (bicyclic) bond motifs is 15. The van der Waals surface area contributed by atoms with Gasteiger partial charge in [0.05, 0.1) is 38.9 Å². The predicted octanol–water partition coefficient (Wildman–Crippen LogP) is 14.5. The molecule has 8 aromatic carbocycles. The number of pyridine rings is 2. The molecule has 5 heterocycles. The number of rotatable bonds is 4. The molecule has 0 unspecified atom stereocenters. The maximum Gasteiger partial charge on any atom is 0.132 e. The van der Waals surface area contributed by atoms with Crippen molar-refractivity contribution in [3.05, 3.63) is 241 Å². The molecule has 0 N–H and O–H groups in total. The molecule has 4 aromatic heterocycles. The summed E-state index contributed by atoms with van der Waals surface area (Å²) in [5, 5.41) is 4.87. The third-order valence-corrected chi connectivity index (χ3v) is 13.7. The summed E-state index contributed by atoms with van der Waals surface area (Å²) in [6.45, 7) is 0. The van der Waals surface area contributed by atoms with Gasteiger partial charge in [0.1, 0.15) is 11.5 Å². The number of hydrogen-bond donors (Lipinski definition) is 0. The van der Waals surface area contributed by atoms with Gasteiger partial charge in [-0.25, -0.2) is 0 Å². The summed E-state index contributed by atoms with van der Waals surface area (Å²) in [7, 11) is 0. The van der Waals surface area contributed by atoms with Crippen molar-refractivity contribution in [3.8, 4) is 56.5 Å². The highest BCUT2D eigenvalue weighted by Gasteiger charge is 2.52. The second kappa shape index (κ2) is 13.2. The maximum absolute atomic E-state index is 7.10. The molecule has 12 aromatic rings. The standard InChI is InChI=1S/C59H36N4O/c1-3-13-41(14-4-1)62-51-21-9-7-17-43(51)45-33-37(24-28-53(45)62)39-26-30-55-50(35-39)59(48-19-11-31-60-57(48)58-49(59)20-12-32-61-58)47-27-23-40(36-56(47)64-55)38-25-29-54-46(34-38)44-18-8-10-22-52(44)63(54)42-15-5-2-6-16-42/h1-36H. The van der Waals surface area contributed by atoms with Gasteiger partial charge in [-0.15, -0.1) is 0 Å². The van der Waals surface area contributed by atoms with Crippen LogP contribution in [0.1, 0.15) is 22.3 Å². The summed E-state index contributed by atoms with van der Waals surface area (Å²) in [6, 6.07) is 74.4. The first-order valence-corrected chi connectivity index (χ1v) is 21.8. The molecule has 0 atom stereocenters. The lowest BCUT2D eigenvalue weighted by molar-refractivity contribution is 0.436. The van der Waals surface area contributed by atoms with Crippen molar-refractivity contribution >= 4 is 43.6 Å². The van der Waals surface area contributed by atoms with E-state index in [0.29, 0.717) is 0 Å². The highest BCUT2D eigenvalue weighted by Crippen LogP contribution is 2.62. The Bertz CT molecular complexity index is 3840. The molecule has 64 heavy (non-hydrogen) atoms. The van der Waals surface area contributed by atoms with Gasteiger partial charge in [0.25, 0.3) is 0 Å². The van der Waals surface area contributed by atoms with E-state index >= 15 is 0 Å². The molecular weight excluding hydrogens is 781 g/mol. The summed E-state index contributed by atoms with van der Waals surface area (Å²) in [6.07, 6.45) is 3.76. The summed E-state index contributed by atoms with van der Waals surface area (Å²) >= 11 is 0. The summed E-state index contributed by atoms with van der Waals surface area (Å²) in [4.78, 5) is 10.0. The Kier molecular flexibility index (Phi) is 7.26. The van der Waals surface area contributed by atoms with Gasteiger partial charge in [-0.3, -0.25) is 9.97 Å². The first kappa shape index (κ1) is 35.1. The third kappa shape index (κ3) is 4.78. The second-order valence-electron chi connectivity index (χ2n) is 16.9. The Balaban J connectivity index is 0.957. The van der Waals surface area contributed by atoms with Gasteiger partial charge in [0.15, 0.2) is 0 Å². The van der Waals surface area contributed by atoms with E-state index in [-0.39, 0.29) is 0 Å². The lowest BCUT2D eigenvalue weighted by Gasteiger charge is -2.39. The van der Waals surface area contributed by atoms with Crippen LogP contribution in [0.15, 0.2) is 219 Å². The number of ether oxygens (including phenoxy) is 1. The van der Waals surface area contributed by atoms with Crippen LogP contribution in [0, 0.1) is 0 Å². The van der Waals surface area contributed by atoms with E-state index in [2.05, 4.69) is 215 Å². The summed E-state index contributed by atoms with van der Waals surface area (Å²) < 4.78 is 11.8. The minimum Gasteiger partial charge on any atom is -0.457 e. The van der Waals surface area contributed by atoms with E-state index < -0.39 is 5.41 Å². The molecule has 298 valence electrons. The molecule has 1 spiro atoms. The zero-order chi connectivity index (χ0) is 41.9.